The van der Waals surface area contributed by atoms with Crippen molar-refractivity contribution in [3.63, 3.8) is 0 Å². The molecule has 0 aromatic carbocycles. The van der Waals surface area contributed by atoms with Crippen molar-refractivity contribution in [2.24, 2.45) is 5.73 Å². The van der Waals surface area contributed by atoms with Crippen molar-refractivity contribution >= 4 is 0 Å². The summed E-state index contributed by atoms with van der Waals surface area (Å²) in [5.41, 5.74) is 7.94. The van der Waals surface area contributed by atoms with Crippen molar-refractivity contribution in [1.82, 2.24) is 15.0 Å². The normalized spacial score (nSPS) is 23.2. The van der Waals surface area contributed by atoms with Crippen LogP contribution in [-0.4, -0.2) is 21.0 Å². The molecule has 0 saturated heterocycles. The SMILES string of the molecule is NC1CCC(c2nccc(-c3cccnc3)n2)CC1. The Balaban J connectivity index is 1.84. The summed E-state index contributed by atoms with van der Waals surface area (Å²) in [6.07, 6.45) is 9.79. The smallest absolute Gasteiger partial charge is 0.132 e. The Labute approximate surface area is 113 Å². The molecule has 19 heavy (non-hydrogen) atoms. The van der Waals surface area contributed by atoms with E-state index in [0.717, 1.165) is 42.8 Å². The second kappa shape index (κ2) is 5.45. The zero-order valence-electron chi connectivity index (χ0n) is 10.9. The molecule has 2 aromatic rings. The highest BCUT2D eigenvalue weighted by molar-refractivity contribution is 5.56. The highest BCUT2D eigenvalue weighted by Crippen LogP contribution is 2.30. The number of nitrogens with zero attached hydrogens (tertiary/aromatic N) is 3. The molecule has 0 radical (unpaired) electrons. The van der Waals surface area contributed by atoms with Gasteiger partial charge in [0, 0.05) is 36.1 Å². The summed E-state index contributed by atoms with van der Waals surface area (Å²) in [7, 11) is 0. The van der Waals surface area contributed by atoms with Crippen molar-refractivity contribution in [3.8, 4) is 11.3 Å². The number of hydrogen-bond donors (Lipinski definition) is 1. The first-order valence-electron chi connectivity index (χ1n) is 6.82. The van der Waals surface area contributed by atoms with E-state index in [2.05, 4.69) is 9.97 Å². The fourth-order valence-corrected chi connectivity index (χ4v) is 2.62. The molecule has 3 rings (SSSR count). The standard InChI is InChI=1S/C15H18N4/c16-13-5-3-11(4-6-13)15-18-9-7-14(19-15)12-2-1-8-17-10-12/h1-2,7-11,13H,3-6,16H2. The van der Waals surface area contributed by atoms with Crippen LogP contribution in [0.25, 0.3) is 11.3 Å². The Morgan fingerprint density at radius 1 is 1.05 bits per heavy atom. The molecule has 0 amide bonds. The van der Waals surface area contributed by atoms with Gasteiger partial charge in [-0.2, -0.15) is 0 Å². The molecule has 2 N–H and O–H groups in total. The van der Waals surface area contributed by atoms with E-state index < -0.39 is 0 Å². The molecule has 0 unspecified atom stereocenters. The van der Waals surface area contributed by atoms with E-state index in [0.29, 0.717) is 12.0 Å². The molecule has 0 aliphatic heterocycles. The molecule has 0 bridgehead atoms. The van der Waals surface area contributed by atoms with Gasteiger partial charge in [-0.1, -0.05) is 0 Å². The van der Waals surface area contributed by atoms with Gasteiger partial charge >= 0.3 is 0 Å². The molecule has 1 aliphatic carbocycles. The lowest BCUT2D eigenvalue weighted by molar-refractivity contribution is 0.385. The van der Waals surface area contributed by atoms with E-state index in [1.807, 2.05) is 30.6 Å². The minimum atomic E-state index is 0.359. The number of nitrogens with two attached hydrogens (primary N) is 1. The van der Waals surface area contributed by atoms with E-state index in [4.69, 9.17) is 10.7 Å². The van der Waals surface area contributed by atoms with Crippen LogP contribution in [0.2, 0.25) is 0 Å². The fourth-order valence-electron chi connectivity index (χ4n) is 2.62. The van der Waals surface area contributed by atoms with Gasteiger partial charge in [0.1, 0.15) is 5.82 Å². The summed E-state index contributed by atoms with van der Waals surface area (Å²) in [4.78, 5) is 13.3. The average molecular weight is 254 g/mol. The zero-order valence-corrected chi connectivity index (χ0v) is 10.9. The van der Waals surface area contributed by atoms with Crippen molar-refractivity contribution in [1.29, 1.82) is 0 Å². The summed E-state index contributed by atoms with van der Waals surface area (Å²) in [5.74, 6) is 1.41. The third-order valence-electron chi connectivity index (χ3n) is 3.77. The molecule has 2 heterocycles. The monoisotopic (exact) mass is 254 g/mol. The largest absolute Gasteiger partial charge is 0.328 e. The van der Waals surface area contributed by atoms with E-state index in [1.54, 1.807) is 6.20 Å². The van der Waals surface area contributed by atoms with Gasteiger partial charge in [0.25, 0.3) is 0 Å². The van der Waals surface area contributed by atoms with Crippen LogP contribution in [0.5, 0.6) is 0 Å². The van der Waals surface area contributed by atoms with E-state index in [-0.39, 0.29) is 0 Å². The van der Waals surface area contributed by atoms with Gasteiger partial charge in [-0.15, -0.1) is 0 Å². The summed E-state index contributed by atoms with van der Waals surface area (Å²) >= 11 is 0. The van der Waals surface area contributed by atoms with Crippen LogP contribution in [0.15, 0.2) is 36.8 Å². The lowest BCUT2D eigenvalue weighted by Gasteiger charge is -2.25. The van der Waals surface area contributed by atoms with E-state index in [1.165, 1.54) is 0 Å². The lowest BCUT2D eigenvalue weighted by atomic mass is 9.86. The van der Waals surface area contributed by atoms with Crippen molar-refractivity contribution in [2.75, 3.05) is 0 Å². The number of pyridine rings is 1. The molecule has 4 nitrogen and oxygen atoms in total. The van der Waals surface area contributed by atoms with Gasteiger partial charge in [0.15, 0.2) is 0 Å². The number of rotatable bonds is 2. The lowest BCUT2D eigenvalue weighted by Crippen LogP contribution is -2.26. The van der Waals surface area contributed by atoms with Gasteiger partial charge in [-0.05, 0) is 43.9 Å². The molecule has 1 aliphatic rings. The van der Waals surface area contributed by atoms with Crippen LogP contribution in [0, 0.1) is 0 Å². The Morgan fingerprint density at radius 2 is 1.89 bits per heavy atom. The molecule has 98 valence electrons. The highest BCUT2D eigenvalue weighted by atomic mass is 14.9. The Kier molecular flexibility index (Phi) is 3.51. The number of aromatic nitrogens is 3. The van der Waals surface area contributed by atoms with Crippen LogP contribution in [0.4, 0.5) is 0 Å². The Morgan fingerprint density at radius 3 is 2.63 bits per heavy atom. The van der Waals surface area contributed by atoms with Gasteiger partial charge in [0.05, 0.1) is 5.69 Å². The first-order chi connectivity index (χ1) is 9.33. The van der Waals surface area contributed by atoms with Crippen LogP contribution >= 0.6 is 0 Å². The maximum atomic E-state index is 5.95. The third kappa shape index (κ3) is 2.79. The zero-order chi connectivity index (χ0) is 13.1. The second-order valence-electron chi connectivity index (χ2n) is 5.15. The van der Waals surface area contributed by atoms with Crippen LogP contribution < -0.4 is 5.73 Å². The maximum absolute atomic E-state index is 5.95. The predicted molar refractivity (Wildman–Crippen MR) is 74.4 cm³/mol. The molecule has 4 heteroatoms. The molecule has 1 fully saturated rings. The Hall–Kier alpha value is -1.81. The summed E-state index contributed by atoms with van der Waals surface area (Å²) in [6.45, 7) is 0. The Bertz CT molecular complexity index is 533. The van der Waals surface area contributed by atoms with Crippen LogP contribution in [0.1, 0.15) is 37.4 Å². The highest BCUT2D eigenvalue weighted by Gasteiger charge is 2.22. The number of hydrogen-bond acceptors (Lipinski definition) is 4. The third-order valence-corrected chi connectivity index (χ3v) is 3.77. The van der Waals surface area contributed by atoms with Crippen LogP contribution in [-0.2, 0) is 0 Å². The average Bonchev–Trinajstić information content (AvgIpc) is 2.49. The van der Waals surface area contributed by atoms with Crippen molar-refractivity contribution in [2.45, 2.75) is 37.6 Å². The van der Waals surface area contributed by atoms with E-state index >= 15 is 0 Å². The maximum Gasteiger partial charge on any atom is 0.132 e. The summed E-state index contributed by atoms with van der Waals surface area (Å²) in [5, 5.41) is 0. The minimum absolute atomic E-state index is 0.359. The molecular formula is C15H18N4. The molecule has 0 atom stereocenters. The van der Waals surface area contributed by atoms with Crippen molar-refractivity contribution < 1.29 is 0 Å². The minimum Gasteiger partial charge on any atom is -0.328 e. The molecule has 0 spiro atoms. The van der Waals surface area contributed by atoms with E-state index in [9.17, 15) is 0 Å². The summed E-state index contributed by atoms with van der Waals surface area (Å²) < 4.78 is 0. The first kappa shape index (κ1) is 12.2. The predicted octanol–water partition coefficient (Wildman–Crippen LogP) is 2.52. The molecule has 2 aromatic heterocycles. The molecule has 1 saturated carbocycles. The fraction of sp³-hybridized carbons (Fsp3) is 0.400. The molecular weight excluding hydrogens is 236 g/mol. The van der Waals surface area contributed by atoms with Gasteiger partial charge < -0.3 is 5.73 Å². The first-order valence-corrected chi connectivity index (χ1v) is 6.82. The van der Waals surface area contributed by atoms with Gasteiger partial charge in [-0.25, -0.2) is 9.97 Å². The topological polar surface area (TPSA) is 64.7 Å². The van der Waals surface area contributed by atoms with Gasteiger partial charge in [0.2, 0.25) is 0 Å². The summed E-state index contributed by atoms with van der Waals surface area (Å²) in [6, 6.07) is 6.25. The van der Waals surface area contributed by atoms with Crippen LogP contribution in [0.3, 0.4) is 0 Å². The second-order valence-corrected chi connectivity index (χ2v) is 5.15. The quantitative estimate of drug-likeness (QED) is 0.894. The van der Waals surface area contributed by atoms with Gasteiger partial charge in [-0.3, -0.25) is 4.98 Å². The van der Waals surface area contributed by atoms with Crippen molar-refractivity contribution in [3.05, 3.63) is 42.6 Å².